The van der Waals surface area contributed by atoms with Gasteiger partial charge in [0.25, 0.3) is 0 Å². The van der Waals surface area contributed by atoms with Crippen molar-refractivity contribution in [3.63, 3.8) is 0 Å². The van der Waals surface area contributed by atoms with Crippen LogP contribution in [0.1, 0.15) is 39.5 Å². The topological polar surface area (TPSA) is 113 Å². The summed E-state index contributed by atoms with van der Waals surface area (Å²) in [5, 5.41) is 11.7. The number of nitrogens with zero attached hydrogens (tertiary/aromatic N) is 1. The number of carboxylic acid groups (broad SMARTS) is 1. The summed E-state index contributed by atoms with van der Waals surface area (Å²) >= 11 is 0. The zero-order chi connectivity index (χ0) is 14.6. The standard InChI is InChI=1S/C12H21N3O4/c1-12(2,10(13)18)14-11(19)15-7-5-3-4-6-8(15)9(16)17/h8H,3-7H2,1-2H3,(H2,13,18)(H,14,19)(H,16,17). The number of rotatable bonds is 3. The van der Waals surface area contributed by atoms with Crippen molar-refractivity contribution < 1.29 is 19.5 Å². The molecule has 3 amide bonds. The van der Waals surface area contributed by atoms with Gasteiger partial charge in [-0.05, 0) is 26.7 Å². The van der Waals surface area contributed by atoms with Gasteiger partial charge in [0.05, 0.1) is 0 Å². The maximum absolute atomic E-state index is 12.1. The second kappa shape index (κ2) is 5.90. The molecule has 0 spiro atoms. The Kier molecular flexibility index (Phi) is 4.74. The highest BCUT2D eigenvalue weighted by molar-refractivity contribution is 5.90. The highest BCUT2D eigenvalue weighted by Gasteiger charge is 2.35. The third-order valence-corrected chi connectivity index (χ3v) is 3.33. The van der Waals surface area contributed by atoms with E-state index in [4.69, 9.17) is 5.73 Å². The number of nitrogens with one attached hydrogen (secondary N) is 1. The maximum atomic E-state index is 12.1. The molecule has 1 unspecified atom stereocenters. The molecule has 1 aliphatic heterocycles. The van der Waals surface area contributed by atoms with Crippen molar-refractivity contribution in [2.24, 2.45) is 5.73 Å². The van der Waals surface area contributed by atoms with Crippen LogP contribution in [-0.4, -0.2) is 46.0 Å². The summed E-state index contributed by atoms with van der Waals surface area (Å²) in [6.45, 7) is 3.35. The number of nitrogens with two attached hydrogens (primary N) is 1. The Bertz CT molecular complexity index is 381. The van der Waals surface area contributed by atoms with E-state index in [1.807, 2.05) is 0 Å². The number of primary amides is 1. The fourth-order valence-corrected chi connectivity index (χ4v) is 2.01. The van der Waals surface area contributed by atoms with Crippen LogP contribution in [0.2, 0.25) is 0 Å². The van der Waals surface area contributed by atoms with Gasteiger partial charge in [0.1, 0.15) is 11.6 Å². The molecule has 0 aliphatic carbocycles. The van der Waals surface area contributed by atoms with E-state index in [2.05, 4.69) is 5.32 Å². The van der Waals surface area contributed by atoms with Crippen LogP contribution in [0.15, 0.2) is 0 Å². The number of urea groups is 1. The SMILES string of the molecule is CC(C)(NC(=O)N1CCCCCC1C(=O)O)C(N)=O. The Balaban J connectivity index is 2.82. The summed E-state index contributed by atoms with van der Waals surface area (Å²) in [4.78, 5) is 35.8. The molecule has 4 N–H and O–H groups in total. The molecule has 108 valence electrons. The van der Waals surface area contributed by atoms with Crippen LogP contribution in [0, 0.1) is 0 Å². The molecule has 7 heteroatoms. The number of hydrogen-bond acceptors (Lipinski definition) is 3. The van der Waals surface area contributed by atoms with Crippen molar-refractivity contribution in [2.45, 2.75) is 51.1 Å². The lowest BCUT2D eigenvalue weighted by Gasteiger charge is -2.31. The predicted molar refractivity (Wildman–Crippen MR) is 68.4 cm³/mol. The molecule has 0 bridgehead atoms. The van der Waals surface area contributed by atoms with Gasteiger partial charge in [-0.15, -0.1) is 0 Å². The van der Waals surface area contributed by atoms with Gasteiger partial charge in [-0.3, -0.25) is 4.79 Å². The average molecular weight is 271 g/mol. The zero-order valence-corrected chi connectivity index (χ0v) is 11.3. The molecule has 1 heterocycles. The molecular weight excluding hydrogens is 250 g/mol. The van der Waals surface area contributed by atoms with Crippen LogP contribution in [0.5, 0.6) is 0 Å². The van der Waals surface area contributed by atoms with Crippen LogP contribution in [0.25, 0.3) is 0 Å². The minimum atomic E-state index is -1.20. The van der Waals surface area contributed by atoms with Crippen molar-refractivity contribution in [1.29, 1.82) is 0 Å². The second-order valence-corrected chi connectivity index (χ2v) is 5.32. The molecular formula is C12H21N3O4. The first-order valence-electron chi connectivity index (χ1n) is 6.37. The van der Waals surface area contributed by atoms with Crippen LogP contribution >= 0.6 is 0 Å². The Morgan fingerprint density at radius 2 is 1.89 bits per heavy atom. The van der Waals surface area contributed by atoms with Gasteiger partial charge in [-0.1, -0.05) is 12.8 Å². The van der Waals surface area contributed by atoms with E-state index >= 15 is 0 Å². The third-order valence-electron chi connectivity index (χ3n) is 3.33. The number of aliphatic carboxylic acids is 1. The number of carbonyl (C=O) groups excluding carboxylic acids is 2. The predicted octanol–water partition coefficient (Wildman–Crippen LogP) is 0.289. The minimum absolute atomic E-state index is 0.373. The van der Waals surface area contributed by atoms with E-state index in [1.54, 1.807) is 0 Å². The zero-order valence-electron chi connectivity index (χ0n) is 11.3. The van der Waals surface area contributed by atoms with Crippen LogP contribution < -0.4 is 11.1 Å². The van der Waals surface area contributed by atoms with Gasteiger partial charge < -0.3 is 21.1 Å². The Morgan fingerprint density at radius 1 is 1.26 bits per heavy atom. The van der Waals surface area contributed by atoms with E-state index in [0.29, 0.717) is 13.0 Å². The number of amides is 3. The number of likely N-dealkylation sites (tertiary alicyclic amines) is 1. The van der Waals surface area contributed by atoms with Gasteiger partial charge in [-0.25, -0.2) is 9.59 Å². The van der Waals surface area contributed by atoms with Crippen molar-refractivity contribution >= 4 is 17.9 Å². The van der Waals surface area contributed by atoms with Crippen molar-refractivity contribution in [2.75, 3.05) is 6.54 Å². The first kappa shape index (κ1) is 15.3. The highest BCUT2D eigenvalue weighted by Crippen LogP contribution is 2.18. The van der Waals surface area contributed by atoms with Crippen LogP contribution in [0.3, 0.4) is 0 Å². The molecule has 1 saturated heterocycles. The monoisotopic (exact) mass is 271 g/mol. The minimum Gasteiger partial charge on any atom is -0.480 e. The first-order valence-corrected chi connectivity index (χ1v) is 6.37. The molecule has 1 atom stereocenters. The fraction of sp³-hybridized carbons (Fsp3) is 0.750. The maximum Gasteiger partial charge on any atom is 0.326 e. The van der Waals surface area contributed by atoms with Gasteiger partial charge in [0, 0.05) is 6.54 Å². The lowest BCUT2D eigenvalue weighted by molar-refractivity contribution is -0.142. The Hall–Kier alpha value is -1.79. The van der Waals surface area contributed by atoms with E-state index in [1.165, 1.54) is 18.7 Å². The summed E-state index contributed by atoms with van der Waals surface area (Å²) in [5.74, 6) is -1.68. The van der Waals surface area contributed by atoms with Gasteiger partial charge in [0.15, 0.2) is 0 Å². The van der Waals surface area contributed by atoms with Crippen LogP contribution in [0.4, 0.5) is 4.79 Å². The highest BCUT2D eigenvalue weighted by atomic mass is 16.4. The lowest BCUT2D eigenvalue weighted by atomic mass is 10.1. The molecule has 1 fully saturated rings. The van der Waals surface area contributed by atoms with E-state index in [-0.39, 0.29) is 0 Å². The Morgan fingerprint density at radius 3 is 2.42 bits per heavy atom. The summed E-state index contributed by atoms with van der Waals surface area (Å²) < 4.78 is 0. The first-order chi connectivity index (χ1) is 8.75. The summed E-state index contributed by atoms with van der Waals surface area (Å²) in [5.41, 5.74) is 3.98. The summed E-state index contributed by atoms with van der Waals surface area (Å²) in [6, 6.07) is -1.40. The normalized spacial score (nSPS) is 20.5. The van der Waals surface area contributed by atoms with Crippen molar-refractivity contribution in [1.82, 2.24) is 10.2 Å². The molecule has 0 aromatic heterocycles. The summed E-state index contributed by atoms with van der Waals surface area (Å²) in [6.07, 6.45) is 2.86. The van der Waals surface area contributed by atoms with E-state index in [9.17, 15) is 19.5 Å². The quantitative estimate of drug-likeness (QED) is 0.684. The molecule has 0 saturated carbocycles. The molecule has 7 nitrogen and oxygen atoms in total. The van der Waals surface area contributed by atoms with Crippen molar-refractivity contribution in [3.05, 3.63) is 0 Å². The smallest absolute Gasteiger partial charge is 0.326 e. The van der Waals surface area contributed by atoms with Crippen LogP contribution in [-0.2, 0) is 9.59 Å². The lowest BCUT2D eigenvalue weighted by Crippen LogP contribution is -2.59. The Labute approximate surface area is 112 Å². The number of hydrogen-bond donors (Lipinski definition) is 3. The van der Waals surface area contributed by atoms with Crippen molar-refractivity contribution in [3.8, 4) is 0 Å². The fourth-order valence-electron chi connectivity index (χ4n) is 2.01. The molecule has 1 aliphatic rings. The van der Waals surface area contributed by atoms with Gasteiger partial charge >= 0.3 is 12.0 Å². The van der Waals surface area contributed by atoms with Gasteiger partial charge in [0.2, 0.25) is 5.91 Å². The largest absolute Gasteiger partial charge is 0.480 e. The summed E-state index contributed by atoms with van der Waals surface area (Å²) in [7, 11) is 0. The number of carbonyl (C=O) groups is 3. The molecule has 0 aromatic carbocycles. The second-order valence-electron chi connectivity index (χ2n) is 5.32. The van der Waals surface area contributed by atoms with E-state index < -0.39 is 29.5 Å². The molecule has 0 aromatic rings. The number of carboxylic acids is 1. The molecule has 1 rings (SSSR count). The molecule has 0 radical (unpaired) electrons. The van der Waals surface area contributed by atoms with Gasteiger partial charge in [-0.2, -0.15) is 0 Å². The molecule has 19 heavy (non-hydrogen) atoms. The van der Waals surface area contributed by atoms with E-state index in [0.717, 1.165) is 19.3 Å². The average Bonchev–Trinajstić information content (AvgIpc) is 2.53. The third kappa shape index (κ3) is 3.84.